The largest absolute Gasteiger partial charge is 0.497 e. The lowest BCUT2D eigenvalue weighted by Crippen LogP contribution is -2.27. The zero-order chi connectivity index (χ0) is 21.1. The fourth-order valence-corrected chi connectivity index (χ4v) is 4.20. The Kier molecular flexibility index (Phi) is 5.76. The summed E-state index contributed by atoms with van der Waals surface area (Å²) in [6.07, 6.45) is 2.87. The highest BCUT2D eigenvalue weighted by Crippen LogP contribution is 2.29. The summed E-state index contributed by atoms with van der Waals surface area (Å²) < 4.78 is 7.55. The number of thiazole rings is 1. The minimum atomic E-state index is -0.388. The van der Waals surface area contributed by atoms with E-state index in [1.165, 1.54) is 16.0 Å². The summed E-state index contributed by atoms with van der Waals surface area (Å²) in [7, 11) is 1.61. The van der Waals surface area contributed by atoms with E-state index in [-0.39, 0.29) is 17.2 Å². The van der Waals surface area contributed by atoms with Gasteiger partial charge in [0.15, 0.2) is 10.8 Å². The zero-order valence-electron chi connectivity index (χ0n) is 16.8. The molecule has 154 valence electrons. The third kappa shape index (κ3) is 3.91. The maximum atomic E-state index is 13.1. The van der Waals surface area contributed by atoms with E-state index in [0.717, 1.165) is 35.2 Å². The lowest BCUT2D eigenvalue weighted by molar-refractivity contribution is 0.102. The Hall–Kier alpha value is -3.26. The van der Waals surface area contributed by atoms with Crippen molar-refractivity contribution in [3.05, 3.63) is 58.5 Å². The number of carbonyl (C=O) groups is 1. The maximum absolute atomic E-state index is 13.1. The van der Waals surface area contributed by atoms with Crippen molar-refractivity contribution in [2.24, 2.45) is 0 Å². The van der Waals surface area contributed by atoms with Crippen LogP contribution in [0, 0.1) is 0 Å². The van der Waals surface area contributed by atoms with Gasteiger partial charge in [-0.3, -0.25) is 14.9 Å². The van der Waals surface area contributed by atoms with Gasteiger partial charge in [-0.15, -0.1) is 0 Å². The van der Waals surface area contributed by atoms with Crippen LogP contribution in [-0.2, 0) is 6.54 Å². The number of nitrogens with zero attached hydrogens (tertiary/aromatic N) is 3. The van der Waals surface area contributed by atoms with Crippen LogP contribution in [0.15, 0.2) is 47.3 Å². The second kappa shape index (κ2) is 8.62. The van der Waals surface area contributed by atoms with Gasteiger partial charge in [0.05, 0.1) is 22.7 Å². The lowest BCUT2D eigenvalue weighted by atomic mass is 10.1. The van der Waals surface area contributed by atoms with E-state index in [1.807, 2.05) is 18.2 Å². The van der Waals surface area contributed by atoms with Crippen LogP contribution in [0.1, 0.15) is 36.7 Å². The number of carbonyl (C=O) groups excluding carboxylic acids is 1. The van der Waals surface area contributed by atoms with Crippen LogP contribution in [0.2, 0.25) is 0 Å². The fraction of sp³-hybridized carbons (Fsp3) is 0.273. The number of ether oxygens (including phenoxy) is 1. The summed E-state index contributed by atoms with van der Waals surface area (Å²) in [6, 6.07) is 12.6. The SMILES string of the molecule is CCCCCn1nc(C(=O)Nc2nc3ccc(OC)cc3s2)c2ccccc2c1=O. The van der Waals surface area contributed by atoms with E-state index in [1.54, 1.807) is 31.4 Å². The van der Waals surface area contributed by atoms with Crippen LogP contribution in [0.25, 0.3) is 21.0 Å². The minimum absolute atomic E-state index is 0.176. The summed E-state index contributed by atoms with van der Waals surface area (Å²) in [6.45, 7) is 2.59. The number of anilines is 1. The third-order valence-electron chi connectivity index (χ3n) is 4.87. The standard InChI is InChI=1S/C22H22N4O3S/c1-3-4-7-12-26-21(28)16-9-6-5-8-15(16)19(25-26)20(27)24-22-23-17-11-10-14(29-2)13-18(17)30-22/h5-6,8-11,13H,3-4,7,12H2,1-2H3,(H,23,24,27). The number of rotatable bonds is 7. The predicted molar refractivity (Wildman–Crippen MR) is 120 cm³/mol. The Bertz CT molecular complexity index is 1280. The molecule has 0 spiro atoms. The first-order valence-corrected chi connectivity index (χ1v) is 10.7. The molecular weight excluding hydrogens is 400 g/mol. The van der Waals surface area contributed by atoms with Crippen LogP contribution >= 0.6 is 11.3 Å². The molecule has 0 saturated carbocycles. The molecule has 0 unspecified atom stereocenters. The maximum Gasteiger partial charge on any atom is 0.278 e. The summed E-state index contributed by atoms with van der Waals surface area (Å²) in [5, 5.41) is 8.74. The molecule has 1 N–H and O–H groups in total. The second-order valence-electron chi connectivity index (χ2n) is 6.94. The third-order valence-corrected chi connectivity index (χ3v) is 5.81. The first kappa shape index (κ1) is 20.0. The molecule has 0 saturated heterocycles. The molecule has 0 aliphatic rings. The molecule has 0 aliphatic carbocycles. The van der Waals surface area contributed by atoms with Crippen molar-refractivity contribution in [2.45, 2.75) is 32.7 Å². The lowest BCUT2D eigenvalue weighted by Gasteiger charge is -2.10. The van der Waals surface area contributed by atoms with E-state index in [0.29, 0.717) is 22.4 Å². The van der Waals surface area contributed by atoms with Gasteiger partial charge in [-0.05, 0) is 30.7 Å². The highest BCUT2D eigenvalue weighted by Gasteiger charge is 2.18. The number of methoxy groups -OCH3 is 1. The van der Waals surface area contributed by atoms with Crippen LogP contribution in [0.3, 0.4) is 0 Å². The van der Waals surface area contributed by atoms with Crippen molar-refractivity contribution < 1.29 is 9.53 Å². The van der Waals surface area contributed by atoms with Crippen LogP contribution in [-0.4, -0.2) is 27.8 Å². The van der Waals surface area contributed by atoms with Crippen LogP contribution in [0.5, 0.6) is 5.75 Å². The quantitative estimate of drug-likeness (QED) is 0.445. The zero-order valence-corrected chi connectivity index (χ0v) is 17.7. The predicted octanol–water partition coefficient (Wildman–Crippen LogP) is 4.46. The van der Waals surface area contributed by atoms with E-state index in [4.69, 9.17) is 4.74 Å². The minimum Gasteiger partial charge on any atom is -0.497 e. The molecule has 4 rings (SSSR count). The van der Waals surface area contributed by atoms with Crippen molar-refractivity contribution in [2.75, 3.05) is 12.4 Å². The molecule has 2 heterocycles. The smallest absolute Gasteiger partial charge is 0.278 e. The average Bonchev–Trinajstić information content (AvgIpc) is 3.16. The van der Waals surface area contributed by atoms with Crippen molar-refractivity contribution in [3.63, 3.8) is 0 Å². The number of amides is 1. The van der Waals surface area contributed by atoms with Gasteiger partial charge in [-0.1, -0.05) is 49.3 Å². The monoisotopic (exact) mass is 422 g/mol. The summed E-state index contributed by atoms with van der Waals surface area (Å²) in [5.74, 6) is 0.345. The Morgan fingerprint density at radius 2 is 1.97 bits per heavy atom. The summed E-state index contributed by atoms with van der Waals surface area (Å²) in [5.41, 5.74) is 0.822. The number of aryl methyl sites for hydroxylation is 1. The number of fused-ring (bicyclic) bond motifs is 2. The molecule has 30 heavy (non-hydrogen) atoms. The molecule has 0 radical (unpaired) electrons. The van der Waals surface area contributed by atoms with E-state index >= 15 is 0 Å². The molecule has 0 bridgehead atoms. The van der Waals surface area contributed by atoms with Gasteiger partial charge in [0.1, 0.15) is 5.75 Å². The van der Waals surface area contributed by atoms with Crippen LogP contribution in [0.4, 0.5) is 5.13 Å². The molecule has 7 nitrogen and oxygen atoms in total. The number of hydrogen-bond acceptors (Lipinski definition) is 6. The molecule has 2 aromatic heterocycles. The molecule has 8 heteroatoms. The summed E-state index contributed by atoms with van der Waals surface area (Å²) in [4.78, 5) is 30.3. The van der Waals surface area contributed by atoms with Gasteiger partial charge in [0.25, 0.3) is 11.5 Å². The van der Waals surface area contributed by atoms with Gasteiger partial charge in [-0.25, -0.2) is 9.67 Å². The van der Waals surface area contributed by atoms with Gasteiger partial charge in [0.2, 0.25) is 0 Å². The number of aromatic nitrogens is 3. The highest BCUT2D eigenvalue weighted by atomic mass is 32.1. The first-order chi connectivity index (χ1) is 14.6. The molecule has 4 aromatic rings. The fourth-order valence-electron chi connectivity index (χ4n) is 3.31. The normalized spacial score (nSPS) is 11.1. The molecule has 0 fully saturated rings. The number of unbranched alkanes of at least 4 members (excludes halogenated alkanes) is 2. The van der Waals surface area contributed by atoms with E-state index in [2.05, 4.69) is 22.3 Å². The summed E-state index contributed by atoms with van der Waals surface area (Å²) >= 11 is 1.36. The highest BCUT2D eigenvalue weighted by molar-refractivity contribution is 7.22. The van der Waals surface area contributed by atoms with Gasteiger partial charge < -0.3 is 4.74 Å². The molecule has 1 amide bonds. The van der Waals surface area contributed by atoms with Gasteiger partial charge >= 0.3 is 0 Å². The number of nitrogens with one attached hydrogen (secondary N) is 1. The average molecular weight is 423 g/mol. The number of hydrogen-bond donors (Lipinski definition) is 1. The molecule has 2 aromatic carbocycles. The van der Waals surface area contributed by atoms with Crippen LogP contribution < -0.4 is 15.6 Å². The molecule has 0 aliphatic heterocycles. The van der Waals surface area contributed by atoms with Crippen molar-refractivity contribution in [1.29, 1.82) is 0 Å². The topological polar surface area (TPSA) is 86.1 Å². The van der Waals surface area contributed by atoms with Gasteiger partial charge in [-0.2, -0.15) is 5.10 Å². The van der Waals surface area contributed by atoms with Crippen molar-refractivity contribution >= 4 is 43.4 Å². The van der Waals surface area contributed by atoms with Crippen molar-refractivity contribution in [1.82, 2.24) is 14.8 Å². The Morgan fingerprint density at radius 1 is 1.17 bits per heavy atom. The van der Waals surface area contributed by atoms with E-state index < -0.39 is 0 Å². The van der Waals surface area contributed by atoms with Gasteiger partial charge in [0, 0.05) is 11.9 Å². The Morgan fingerprint density at radius 3 is 2.73 bits per heavy atom. The second-order valence-corrected chi connectivity index (χ2v) is 7.97. The molecule has 0 atom stereocenters. The Labute approximate surface area is 177 Å². The van der Waals surface area contributed by atoms with Crippen molar-refractivity contribution in [3.8, 4) is 5.75 Å². The Balaban J connectivity index is 1.70. The first-order valence-electron chi connectivity index (χ1n) is 9.86. The molecular formula is C22H22N4O3S. The number of benzene rings is 2. The van der Waals surface area contributed by atoms with E-state index in [9.17, 15) is 9.59 Å².